The summed E-state index contributed by atoms with van der Waals surface area (Å²) in [5.74, 6) is -0.873. The number of carbonyl (C=O) groups is 2. The SMILES string of the molecule is O=C(NCCc1ccccc1Br)c1ccc(Oc2cc3c(cc2Cl)C(C(=O)[O-])CCO3)cc1.[Na+]. The molecule has 3 aromatic rings. The van der Waals surface area contributed by atoms with Gasteiger partial charge in [0.25, 0.3) is 5.91 Å². The summed E-state index contributed by atoms with van der Waals surface area (Å²) in [6.45, 7) is 0.787. The summed E-state index contributed by atoms with van der Waals surface area (Å²) >= 11 is 9.83. The van der Waals surface area contributed by atoms with Crippen molar-refractivity contribution in [1.82, 2.24) is 5.32 Å². The van der Waals surface area contributed by atoms with E-state index >= 15 is 0 Å². The predicted molar refractivity (Wildman–Crippen MR) is 126 cm³/mol. The molecule has 3 aromatic carbocycles. The molecule has 0 aliphatic carbocycles. The first-order chi connectivity index (χ1) is 15.9. The number of amides is 1. The fourth-order valence-electron chi connectivity index (χ4n) is 3.63. The third-order valence-electron chi connectivity index (χ3n) is 5.37. The van der Waals surface area contributed by atoms with E-state index in [4.69, 9.17) is 21.1 Å². The van der Waals surface area contributed by atoms with Crippen LogP contribution in [-0.2, 0) is 11.2 Å². The molecule has 34 heavy (non-hydrogen) atoms. The number of benzene rings is 3. The molecular formula is C25H20BrClNNaO5. The minimum atomic E-state index is -1.16. The molecule has 0 radical (unpaired) electrons. The molecule has 1 aliphatic heterocycles. The molecule has 0 saturated carbocycles. The molecule has 4 rings (SSSR count). The zero-order chi connectivity index (χ0) is 23.4. The number of aliphatic carboxylic acids is 1. The zero-order valence-electron chi connectivity index (χ0n) is 18.5. The van der Waals surface area contributed by atoms with E-state index in [-0.39, 0.29) is 47.1 Å². The average Bonchev–Trinajstić information content (AvgIpc) is 2.80. The number of hydrogen-bond acceptors (Lipinski definition) is 5. The van der Waals surface area contributed by atoms with Gasteiger partial charge in [0.1, 0.15) is 17.2 Å². The second kappa shape index (κ2) is 12.1. The van der Waals surface area contributed by atoms with Crippen molar-refractivity contribution in [3.05, 3.63) is 86.8 Å². The van der Waals surface area contributed by atoms with Crippen LogP contribution in [-0.4, -0.2) is 25.0 Å². The number of halogens is 2. The van der Waals surface area contributed by atoms with Gasteiger partial charge >= 0.3 is 29.6 Å². The topological polar surface area (TPSA) is 87.7 Å². The van der Waals surface area contributed by atoms with Gasteiger partial charge in [0, 0.05) is 40.1 Å². The van der Waals surface area contributed by atoms with Gasteiger partial charge < -0.3 is 24.7 Å². The number of nitrogens with one attached hydrogen (secondary N) is 1. The minimum Gasteiger partial charge on any atom is -0.549 e. The molecule has 0 aromatic heterocycles. The van der Waals surface area contributed by atoms with Gasteiger partial charge in [0.2, 0.25) is 0 Å². The van der Waals surface area contributed by atoms with Gasteiger partial charge in [-0.05, 0) is 54.8 Å². The van der Waals surface area contributed by atoms with Gasteiger partial charge in [-0.3, -0.25) is 4.79 Å². The van der Waals surface area contributed by atoms with Crippen molar-refractivity contribution in [2.24, 2.45) is 0 Å². The first kappa shape index (κ1) is 26.6. The molecule has 1 amide bonds. The van der Waals surface area contributed by atoms with E-state index in [0.717, 1.165) is 10.0 Å². The van der Waals surface area contributed by atoms with Gasteiger partial charge in [0.05, 0.1) is 11.6 Å². The molecule has 1 aliphatic rings. The summed E-state index contributed by atoms with van der Waals surface area (Å²) in [4.78, 5) is 23.8. The van der Waals surface area contributed by atoms with Crippen LogP contribution in [0.25, 0.3) is 0 Å². The third-order valence-corrected chi connectivity index (χ3v) is 6.44. The fraction of sp³-hybridized carbons (Fsp3) is 0.200. The number of carboxylic acids is 1. The Kier molecular flexibility index (Phi) is 9.45. The maximum Gasteiger partial charge on any atom is 1.00 e. The van der Waals surface area contributed by atoms with Gasteiger partial charge in [-0.25, -0.2) is 0 Å². The monoisotopic (exact) mass is 551 g/mol. The maximum atomic E-state index is 12.4. The van der Waals surface area contributed by atoms with Crippen LogP contribution in [0.5, 0.6) is 17.2 Å². The molecule has 6 nitrogen and oxygen atoms in total. The van der Waals surface area contributed by atoms with E-state index in [0.29, 0.717) is 47.8 Å². The standard InChI is InChI=1S/C25H21BrClNO5.Na/c26-20-4-2-1-3-15(20)9-11-28-24(29)16-5-7-17(8-6-16)33-23-14-22-19(13-21(23)27)18(25(30)31)10-12-32-22;/h1-8,13-14,18H,9-12H2,(H,28,29)(H,30,31);/q;+1/p-1. The number of carbonyl (C=O) groups excluding carboxylic acids is 2. The van der Waals surface area contributed by atoms with E-state index in [9.17, 15) is 14.7 Å². The Bertz CT molecular complexity index is 1190. The Balaban J connectivity index is 0.00000324. The van der Waals surface area contributed by atoms with E-state index in [1.165, 1.54) is 0 Å². The summed E-state index contributed by atoms with van der Waals surface area (Å²) in [7, 11) is 0. The largest absolute Gasteiger partial charge is 1.00 e. The Morgan fingerprint density at radius 2 is 1.88 bits per heavy atom. The normalized spacial score (nSPS) is 14.2. The van der Waals surface area contributed by atoms with Crippen molar-refractivity contribution < 1.29 is 53.7 Å². The Morgan fingerprint density at radius 3 is 2.59 bits per heavy atom. The Labute approximate surface area is 233 Å². The number of fused-ring (bicyclic) bond motifs is 1. The first-order valence-corrected chi connectivity index (χ1v) is 11.6. The quantitative estimate of drug-likeness (QED) is 0.449. The van der Waals surface area contributed by atoms with Crippen LogP contribution in [0, 0.1) is 0 Å². The number of hydrogen-bond donors (Lipinski definition) is 1. The molecule has 170 valence electrons. The van der Waals surface area contributed by atoms with Crippen LogP contribution >= 0.6 is 27.5 Å². The minimum absolute atomic E-state index is 0. The van der Waals surface area contributed by atoms with Crippen molar-refractivity contribution in [2.75, 3.05) is 13.2 Å². The van der Waals surface area contributed by atoms with E-state index in [1.54, 1.807) is 36.4 Å². The molecule has 9 heteroatoms. The predicted octanol–water partition coefficient (Wildman–Crippen LogP) is 1.49. The van der Waals surface area contributed by atoms with Gasteiger partial charge in [0.15, 0.2) is 0 Å². The van der Waals surface area contributed by atoms with E-state index < -0.39 is 11.9 Å². The van der Waals surface area contributed by atoms with Crippen molar-refractivity contribution in [3.63, 3.8) is 0 Å². The smallest absolute Gasteiger partial charge is 0.549 e. The van der Waals surface area contributed by atoms with Crippen molar-refractivity contribution >= 4 is 39.4 Å². The summed E-state index contributed by atoms with van der Waals surface area (Å²) in [5, 5.41) is 14.5. The van der Waals surface area contributed by atoms with Crippen molar-refractivity contribution in [3.8, 4) is 17.2 Å². The number of ether oxygens (including phenoxy) is 2. The first-order valence-electron chi connectivity index (χ1n) is 10.4. The van der Waals surface area contributed by atoms with Gasteiger partial charge in [-0.2, -0.15) is 0 Å². The molecule has 1 N–H and O–H groups in total. The molecule has 1 unspecified atom stereocenters. The van der Waals surface area contributed by atoms with Gasteiger partial charge in [-0.15, -0.1) is 0 Å². The molecule has 0 fully saturated rings. The Hall–Kier alpha value is -2.03. The summed E-state index contributed by atoms with van der Waals surface area (Å²) in [6.07, 6.45) is 1.05. The van der Waals surface area contributed by atoms with E-state index in [2.05, 4.69) is 21.2 Å². The number of carboxylic acid groups (broad SMARTS) is 1. The van der Waals surface area contributed by atoms with Crippen LogP contribution in [0.4, 0.5) is 0 Å². The summed E-state index contributed by atoms with van der Waals surface area (Å²) < 4.78 is 12.4. The molecule has 0 bridgehead atoms. The molecule has 0 saturated heterocycles. The molecule has 1 atom stereocenters. The van der Waals surface area contributed by atoms with Crippen molar-refractivity contribution in [1.29, 1.82) is 0 Å². The van der Waals surface area contributed by atoms with E-state index in [1.807, 2.05) is 24.3 Å². The summed E-state index contributed by atoms with van der Waals surface area (Å²) in [6, 6.07) is 17.7. The summed E-state index contributed by atoms with van der Waals surface area (Å²) in [5.41, 5.74) is 2.11. The second-order valence-electron chi connectivity index (χ2n) is 7.55. The molecule has 0 spiro atoms. The van der Waals surface area contributed by atoms with Crippen LogP contribution in [0.1, 0.15) is 33.8 Å². The van der Waals surface area contributed by atoms with Gasteiger partial charge in [-0.1, -0.05) is 45.7 Å². The zero-order valence-corrected chi connectivity index (χ0v) is 22.8. The fourth-order valence-corrected chi connectivity index (χ4v) is 4.32. The van der Waals surface area contributed by atoms with Crippen LogP contribution in [0.2, 0.25) is 5.02 Å². The van der Waals surface area contributed by atoms with Crippen LogP contribution < -0.4 is 49.5 Å². The van der Waals surface area contributed by atoms with Crippen LogP contribution in [0.3, 0.4) is 0 Å². The third kappa shape index (κ3) is 6.34. The molecular weight excluding hydrogens is 533 g/mol. The van der Waals surface area contributed by atoms with Crippen molar-refractivity contribution in [2.45, 2.75) is 18.8 Å². The van der Waals surface area contributed by atoms with Crippen LogP contribution in [0.15, 0.2) is 65.1 Å². The Morgan fingerprint density at radius 1 is 1.15 bits per heavy atom. The average molecular weight is 553 g/mol. The maximum absolute atomic E-state index is 12.4. The number of rotatable bonds is 7. The second-order valence-corrected chi connectivity index (χ2v) is 8.81. The molecule has 1 heterocycles.